The number of alkyl carbamates (subject to hydrolysis) is 1. The zero-order valence-corrected chi connectivity index (χ0v) is 9.04. The lowest BCUT2D eigenvalue weighted by molar-refractivity contribution is 0.133. The molecule has 5 heteroatoms. The van der Waals surface area contributed by atoms with E-state index in [9.17, 15) is 4.79 Å². The lowest BCUT2D eigenvalue weighted by Crippen LogP contribution is -2.25. The molecule has 3 N–H and O–H groups in total. The fraction of sp³-hybridized carbons (Fsp3) is 0.700. The van der Waals surface area contributed by atoms with Crippen LogP contribution in [0.4, 0.5) is 4.79 Å². The van der Waals surface area contributed by atoms with Crippen molar-refractivity contribution < 1.29 is 14.4 Å². The second kappa shape index (κ2) is 11.0. The molecule has 0 aliphatic carbocycles. The van der Waals surface area contributed by atoms with Gasteiger partial charge < -0.3 is 14.9 Å². The maximum absolute atomic E-state index is 10.9. The van der Waals surface area contributed by atoms with Crippen LogP contribution in [-0.2, 0) is 9.57 Å². The second-order valence-electron chi connectivity index (χ2n) is 3.10. The molecule has 0 bridgehead atoms. The summed E-state index contributed by atoms with van der Waals surface area (Å²) in [7, 11) is 0. The van der Waals surface area contributed by atoms with Crippen LogP contribution < -0.4 is 11.2 Å². The fourth-order valence-corrected chi connectivity index (χ4v) is 1.04. The number of rotatable bonds is 9. The molecule has 0 heterocycles. The van der Waals surface area contributed by atoms with Gasteiger partial charge in [-0.3, -0.25) is 0 Å². The third-order valence-corrected chi connectivity index (χ3v) is 1.79. The van der Waals surface area contributed by atoms with Crippen LogP contribution in [0.3, 0.4) is 0 Å². The van der Waals surface area contributed by atoms with Crippen molar-refractivity contribution in [3.05, 3.63) is 12.7 Å². The van der Waals surface area contributed by atoms with Gasteiger partial charge in [-0.2, -0.15) is 0 Å². The number of nitrogens with one attached hydrogen (secondary N) is 1. The third-order valence-electron chi connectivity index (χ3n) is 1.79. The molecule has 0 aromatic heterocycles. The number of hydrogen-bond donors (Lipinski definition) is 2. The van der Waals surface area contributed by atoms with E-state index in [0.29, 0.717) is 13.2 Å². The molecular formula is C10H20N2O3. The zero-order chi connectivity index (χ0) is 11.4. The standard InChI is InChI=1S/C10H20N2O3/c1-2-8-14-10(13)12-7-5-3-4-6-9-15-11/h2H,1,3-9,11H2,(H,12,13). The Labute approximate surface area is 90.6 Å². The van der Waals surface area contributed by atoms with Crippen LogP contribution in [0.25, 0.3) is 0 Å². The maximum Gasteiger partial charge on any atom is 0.407 e. The first kappa shape index (κ1) is 13.9. The Kier molecular flexibility index (Phi) is 10.2. The van der Waals surface area contributed by atoms with Crippen LogP contribution >= 0.6 is 0 Å². The molecule has 1 amide bonds. The Morgan fingerprint density at radius 1 is 1.33 bits per heavy atom. The van der Waals surface area contributed by atoms with Gasteiger partial charge in [0, 0.05) is 6.54 Å². The molecule has 0 aromatic rings. The van der Waals surface area contributed by atoms with E-state index in [1.807, 2.05) is 0 Å². The predicted octanol–water partition coefficient (Wildman–Crippen LogP) is 1.35. The number of amides is 1. The lowest BCUT2D eigenvalue weighted by atomic mass is 10.2. The smallest absolute Gasteiger partial charge is 0.407 e. The van der Waals surface area contributed by atoms with Gasteiger partial charge >= 0.3 is 6.09 Å². The molecule has 0 aliphatic heterocycles. The number of nitrogens with two attached hydrogens (primary N) is 1. The summed E-state index contributed by atoms with van der Waals surface area (Å²) in [6.07, 6.45) is 5.14. The molecule has 0 aromatic carbocycles. The normalized spacial score (nSPS) is 9.67. The van der Waals surface area contributed by atoms with E-state index in [2.05, 4.69) is 16.7 Å². The Bertz CT molecular complexity index is 174. The highest BCUT2D eigenvalue weighted by Crippen LogP contribution is 1.98. The summed E-state index contributed by atoms with van der Waals surface area (Å²) >= 11 is 0. The van der Waals surface area contributed by atoms with Gasteiger partial charge in [0.15, 0.2) is 0 Å². The minimum Gasteiger partial charge on any atom is -0.445 e. The number of carbonyl (C=O) groups is 1. The Morgan fingerprint density at radius 2 is 2.07 bits per heavy atom. The van der Waals surface area contributed by atoms with Gasteiger partial charge in [-0.05, 0) is 12.8 Å². The summed E-state index contributed by atoms with van der Waals surface area (Å²) in [5.74, 6) is 4.87. The van der Waals surface area contributed by atoms with Crippen LogP contribution in [0.2, 0.25) is 0 Å². The SMILES string of the molecule is C=CCOC(=O)NCCCCCCON. The zero-order valence-electron chi connectivity index (χ0n) is 9.04. The van der Waals surface area contributed by atoms with Crippen molar-refractivity contribution in [3.63, 3.8) is 0 Å². The van der Waals surface area contributed by atoms with Crippen LogP contribution in [0.5, 0.6) is 0 Å². The highest BCUT2D eigenvalue weighted by Gasteiger charge is 1.98. The highest BCUT2D eigenvalue weighted by molar-refractivity contribution is 5.67. The summed E-state index contributed by atoms with van der Waals surface area (Å²) in [5.41, 5.74) is 0. The van der Waals surface area contributed by atoms with Gasteiger partial charge in [0.05, 0.1) is 6.61 Å². The molecule has 5 nitrogen and oxygen atoms in total. The molecule has 0 atom stereocenters. The first-order chi connectivity index (χ1) is 7.31. The van der Waals surface area contributed by atoms with Crippen LogP contribution in [0.15, 0.2) is 12.7 Å². The molecule has 0 saturated carbocycles. The van der Waals surface area contributed by atoms with Gasteiger partial charge in [0.2, 0.25) is 0 Å². The number of hydrogen-bond acceptors (Lipinski definition) is 4. The summed E-state index contributed by atoms with van der Waals surface area (Å²) in [6, 6.07) is 0. The van der Waals surface area contributed by atoms with E-state index in [1.165, 1.54) is 6.08 Å². The summed E-state index contributed by atoms with van der Waals surface area (Å²) in [6.45, 7) is 4.92. The minimum absolute atomic E-state index is 0.250. The number of ether oxygens (including phenoxy) is 1. The third kappa shape index (κ3) is 10.9. The lowest BCUT2D eigenvalue weighted by Gasteiger charge is -2.04. The Balaban J connectivity index is 3.09. The van der Waals surface area contributed by atoms with Crippen molar-refractivity contribution in [2.45, 2.75) is 25.7 Å². The largest absolute Gasteiger partial charge is 0.445 e. The van der Waals surface area contributed by atoms with E-state index < -0.39 is 0 Å². The van der Waals surface area contributed by atoms with E-state index in [0.717, 1.165) is 25.7 Å². The van der Waals surface area contributed by atoms with Crippen molar-refractivity contribution in [1.82, 2.24) is 5.32 Å². The van der Waals surface area contributed by atoms with Gasteiger partial charge in [-0.25, -0.2) is 10.7 Å². The monoisotopic (exact) mass is 216 g/mol. The molecular weight excluding hydrogens is 196 g/mol. The molecule has 0 aliphatic rings. The highest BCUT2D eigenvalue weighted by atomic mass is 16.6. The molecule has 0 radical (unpaired) electrons. The quantitative estimate of drug-likeness (QED) is 0.346. The number of unbranched alkanes of at least 4 members (excludes halogenated alkanes) is 3. The minimum atomic E-state index is -0.389. The van der Waals surface area contributed by atoms with Crippen LogP contribution in [0, 0.1) is 0 Å². The van der Waals surface area contributed by atoms with Crippen molar-refractivity contribution in [2.75, 3.05) is 19.8 Å². The second-order valence-corrected chi connectivity index (χ2v) is 3.10. The fourth-order valence-electron chi connectivity index (χ4n) is 1.04. The first-order valence-corrected chi connectivity index (χ1v) is 5.14. The van der Waals surface area contributed by atoms with Crippen molar-refractivity contribution in [3.8, 4) is 0 Å². The average molecular weight is 216 g/mol. The van der Waals surface area contributed by atoms with Gasteiger partial charge in [-0.1, -0.05) is 25.5 Å². The molecule has 88 valence electrons. The molecule has 0 unspecified atom stereocenters. The van der Waals surface area contributed by atoms with Crippen molar-refractivity contribution >= 4 is 6.09 Å². The van der Waals surface area contributed by atoms with E-state index in [4.69, 9.17) is 10.6 Å². The van der Waals surface area contributed by atoms with Gasteiger partial charge in [0.1, 0.15) is 6.61 Å². The van der Waals surface area contributed by atoms with Gasteiger partial charge in [0.25, 0.3) is 0 Å². The van der Waals surface area contributed by atoms with Crippen LogP contribution in [0.1, 0.15) is 25.7 Å². The van der Waals surface area contributed by atoms with Crippen LogP contribution in [-0.4, -0.2) is 25.9 Å². The predicted molar refractivity (Wildman–Crippen MR) is 58.2 cm³/mol. The Hall–Kier alpha value is -1.07. The van der Waals surface area contributed by atoms with E-state index in [-0.39, 0.29) is 12.7 Å². The molecule has 15 heavy (non-hydrogen) atoms. The maximum atomic E-state index is 10.9. The molecule has 0 rings (SSSR count). The summed E-state index contributed by atoms with van der Waals surface area (Å²) in [4.78, 5) is 15.4. The molecule has 0 saturated heterocycles. The first-order valence-electron chi connectivity index (χ1n) is 5.14. The van der Waals surface area contributed by atoms with Crippen molar-refractivity contribution in [2.24, 2.45) is 5.90 Å². The van der Waals surface area contributed by atoms with E-state index in [1.54, 1.807) is 0 Å². The van der Waals surface area contributed by atoms with E-state index >= 15 is 0 Å². The molecule has 0 spiro atoms. The van der Waals surface area contributed by atoms with Crippen molar-refractivity contribution in [1.29, 1.82) is 0 Å². The molecule has 0 fully saturated rings. The van der Waals surface area contributed by atoms with Gasteiger partial charge in [-0.15, -0.1) is 0 Å². The topological polar surface area (TPSA) is 73.6 Å². The average Bonchev–Trinajstić information content (AvgIpc) is 2.25. The summed E-state index contributed by atoms with van der Waals surface area (Å²) < 4.78 is 4.73. The Morgan fingerprint density at radius 3 is 2.73 bits per heavy atom. The number of carbonyl (C=O) groups excluding carboxylic acids is 1. The summed E-state index contributed by atoms with van der Waals surface area (Å²) in [5, 5.41) is 2.64.